The Morgan fingerprint density at radius 2 is 1.53 bits per heavy atom. The lowest BCUT2D eigenvalue weighted by atomic mass is 10.1. The fourth-order valence-electron chi connectivity index (χ4n) is 3.74. The maximum absolute atomic E-state index is 13.2. The van der Waals surface area contributed by atoms with E-state index in [2.05, 4.69) is 11.4 Å². The van der Waals surface area contributed by atoms with Crippen molar-refractivity contribution in [3.8, 4) is 5.75 Å². The van der Waals surface area contributed by atoms with Gasteiger partial charge in [0.25, 0.3) is 5.91 Å². The van der Waals surface area contributed by atoms with Crippen LogP contribution in [-0.4, -0.2) is 47.9 Å². The van der Waals surface area contributed by atoms with Gasteiger partial charge in [0.1, 0.15) is 12.4 Å². The Morgan fingerprint density at radius 1 is 0.844 bits per heavy atom. The van der Waals surface area contributed by atoms with Crippen molar-refractivity contribution in [3.05, 3.63) is 95.6 Å². The lowest BCUT2D eigenvalue weighted by Gasteiger charge is -2.35. The zero-order valence-electron chi connectivity index (χ0n) is 18.2. The standard InChI is InChI=1S/C26H27N3O3/c1-20-8-7-9-21(18-20)19-32-24-13-6-5-12-23(24)25(30)28-14-16-29(17-15-28)26(31)27-22-10-3-2-4-11-22/h2-13,18H,14-17,19H2,1H3,(H,27,31). The van der Waals surface area contributed by atoms with E-state index in [0.29, 0.717) is 44.1 Å². The molecule has 6 heteroatoms. The van der Waals surface area contributed by atoms with Crippen LogP contribution in [0.5, 0.6) is 5.75 Å². The third-order valence-electron chi connectivity index (χ3n) is 5.47. The molecular formula is C26H27N3O3. The Kier molecular flexibility index (Phi) is 6.70. The van der Waals surface area contributed by atoms with Gasteiger partial charge in [0.15, 0.2) is 0 Å². The van der Waals surface area contributed by atoms with Crippen molar-refractivity contribution in [1.29, 1.82) is 0 Å². The molecule has 0 spiro atoms. The highest BCUT2D eigenvalue weighted by molar-refractivity contribution is 5.97. The normalized spacial score (nSPS) is 13.5. The number of benzene rings is 3. The highest BCUT2D eigenvalue weighted by Crippen LogP contribution is 2.22. The number of urea groups is 1. The molecule has 1 aliphatic rings. The number of ether oxygens (including phenoxy) is 1. The zero-order chi connectivity index (χ0) is 22.3. The Bertz CT molecular complexity index is 1080. The molecule has 164 valence electrons. The number of anilines is 1. The summed E-state index contributed by atoms with van der Waals surface area (Å²) in [7, 11) is 0. The summed E-state index contributed by atoms with van der Waals surface area (Å²) in [6.07, 6.45) is 0. The van der Waals surface area contributed by atoms with Crippen molar-refractivity contribution in [2.24, 2.45) is 0 Å². The predicted molar refractivity (Wildman–Crippen MR) is 125 cm³/mol. The quantitative estimate of drug-likeness (QED) is 0.647. The number of amides is 3. The van der Waals surface area contributed by atoms with Crippen LogP contribution < -0.4 is 10.1 Å². The van der Waals surface area contributed by atoms with Gasteiger partial charge in [0.05, 0.1) is 5.56 Å². The summed E-state index contributed by atoms with van der Waals surface area (Å²) in [5, 5.41) is 2.90. The Balaban J connectivity index is 1.35. The topological polar surface area (TPSA) is 61.9 Å². The van der Waals surface area contributed by atoms with E-state index in [1.165, 1.54) is 5.56 Å². The fraction of sp³-hybridized carbons (Fsp3) is 0.231. The van der Waals surface area contributed by atoms with Gasteiger partial charge in [0, 0.05) is 31.9 Å². The molecule has 1 aliphatic heterocycles. The number of nitrogens with one attached hydrogen (secondary N) is 1. The van der Waals surface area contributed by atoms with Crippen LogP contribution in [0.1, 0.15) is 21.5 Å². The number of hydrogen-bond acceptors (Lipinski definition) is 3. The van der Waals surface area contributed by atoms with E-state index < -0.39 is 0 Å². The summed E-state index contributed by atoms with van der Waals surface area (Å²) in [5.74, 6) is 0.496. The highest BCUT2D eigenvalue weighted by Gasteiger charge is 2.26. The average molecular weight is 430 g/mol. The van der Waals surface area contributed by atoms with Crippen molar-refractivity contribution in [2.75, 3.05) is 31.5 Å². The second-order valence-electron chi connectivity index (χ2n) is 7.85. The maximum atomic E-state index is 13.2. The highest BCUT2D eigenvalue weighted by atomic mass is 16.5. The van der Waals surface area contributed by atoms with Gasteiger partial charge in [-0.05, 0) is 36.8 Å². The molecule has 0 aliphatic carbocycles. The van der Waals surface area contributed by atoms with E-state index in [-0.39, 0.29) is 11.9 Å². The molecule has 1 fully saturated rings. The first-order valence-electron chi connectivity index (χ1n) is 10.8. The molecule has 0 saturated carbocycles. The summed E-state index contributed by atoms with van der Waals surface area (Å²) >= 11 is 0. The fourth-order valence-corrected chi connectivity index (χ4v) is 3.74. The number of piperazine rings is 1. The molecule has 4 rings (SSSR count). The van der Waals surface area contributed by atoms with E-state index in [1.807, 2.05) is 73.7 Å². The lowest BCUT2D eigenvalue weighted by Crippen LogP contribution is -2.51. The first-order chi connectivity index (χ1) is 15.6. The number of hydrogen-bond donors (Lipinski definition) is 1. The molecule has 0 atom stereocenters. The first kappa shape index (κ1) is 21.4. The van der Waals surface area contributed by atoms with Crippen LogP contribution in [0.15, 0.2) is 78.9 Å². The van der Waals surface area contributed by atoms with Crippen LogP contribution in [0.2, 0.25) is 0 Å². The summed E-state index contributed by atoms with van der Waals surface area (Å²) < 4.78 is 5.99. The molecule has 3 amide bonds. The number of nitrogens with zero attached hydrogens (tertiary/aromatic N) is 2. The van der Waals surface area contributed by atoms with Crippen LogP contribution >= 0.6 is 0 Å². The predicted octanol–water partition coefficient (Wildman–Crippen LogP) is 4.56. The van der Waals surface area contributed by atoms with Crippen LogP contribution in [0.25, 0.3) is 0 Å². The van der Waals surface area contributed by atoms with Crippen LogP contribution in [0.4, 0.5) is 10.5 Å². The van der Waals surface area contributed by atoms with Crippen molar-refractivity contribution >= 4 is 17.6 Å². The van der Waals surface area contributed by atoms with E-state index in [0.717, 1.165) is 11.3 Å². The lowest BCUT2D eigenvalue weighted by molar-refractivity contribution is 0.0667. The Hall–Kier alpha value is -3.80. The SMILES string of the molecule is Cc1cccc(COc2ccccc2C(=O)N2CCN(C(=O)Nc3ccccc3)CC2)c1. The monoisotopic (exact) mass is 429 g/mol. The molecule has 3 aromatic rings. The zero-order valence-corrected chi connectivity index (χ0v) is 18.2. The van der Waals surface area contributed by atoms with E-state index >= 15 is 0 Å². The van der Waals surface area contributed by atoms with Gasteiger partial charge in [-0.2, -0.15) is 0 Å². The summed E-state index contributed by atoms with van der Waals surface area (Å²) in [6.45, 7) is 4.37. The van der Waals surface area contributed by atoms with Gasteiger partial charge in [-0.25, -0.2) is 4.79 Å². The molecule has 1 N–H and O–H groups in total. The number of carbonyl (C=O) groups is 2. The molecule has 0 aromatic heterocycles. The molecule has 0 radical (unpaired) electrons. The number of para-hydroxylation sites is 2. The molecular weight excluding hydrogens is 402 g/mol. The number of rotatable bonds is 5. The van der Waals surface area contributed by atoms with Crippen molar-refractivity contribution in [1.82, 2.24) is 9.80 Å². The summed E-state index contributed by atoms with van der Waals surface area (Å²) in [6, 6.07) is 24.7. The number of carbonyl (C=O) groups excluding carboxylic acids is 2. The largest absolute Gasteiger partial charge is 0.488 e. The third kappa shape index (κ3) is 5.27. The van der Waals surface area contributed by atoms with Crippen LogP contribution in [-0.2, 0) is 6.61 Å². The van der Waals surface area contributed by atoms with Crippen LogP contribution in [0.3, 0.4) is 0 Å². The second kappa shape index (κ2) is 10.0. The van der Waals surface area contributed by atoms with E-state index in [4.69, 9.17) is 4.74 Å². The summed E-state index contributed by atoms with van der Waals surface area (Å²) in [4.78, 5) is 29.2. The molecule has 3 aromatic carbocycles. The third-order valence-corrected chi connectivity index (χ3v) is 5.47. The average Bonchev–Trinajstić information content (AvgIpc) is 2.83. The van der Waals surface area contributed by atoms with Gasteiger partial charge in [-0.3, -0.25) is 4.79 Å². The van der Waals surface area contributed by atoms with E-state index in [1.54, 1.807) is 15.9 Å². The smallest absolute Gasteiger partial charge is 0.321 e. The molecule has 32 heavy (non-hydrogen) atoms. The summed E-state index contributed by atoms with van der Waals surface area (Å²) in [5.41, 5.74) is 3.54. The Morgan fingerprint density at radius 3 is 2.28 bits per heavy atom. The first-order valence-corrected chi connectivity index (χ1v) is 10.8. The minimum Gasteiger partial charge on any atom is -0.488 e. The van der Waals surface area contributed by atoms with Gasteiger partial charge in [-0.15, -0.1) is 0 Å². The van der Waals surface area contributed by atoms with Crippen molar-refractivity contribution in [3.63, 3.8) is 0 Å². The molecule has 0 bridgehead atoms. The molecule has 0 unspecified atom stereocenters. The maximum Gasteiger partial charge on any atom is 0.321 e. The van der Waals surface area contributed by atoms with Gasteiger partial charge in [0.2, 0.25) is 0 Å². The minimum atomic E-state index is -0.148. The molecule has 1 saturated heterocycles. The van der Waals surface area contributed by atoms with Crippen molar-refractivity contribution < 1.29 is 14.3 Å². The molecule has 6 nitrogen and oxygen atoms in total. The van der Waals surface area contributed by atoms with Gasteiger partial charge in [-0.1, -0.05) is 60.2 Å². The van der Waals surface area contributed by atoms with Gasteiger partial charge >= 0.3 is 6.03 Å². The minimum absolute atomic E-state index is 0.0760. The second-order valence-corrected chi connectivity index (χ2v) is 7.85. The van der Waals surface area contributed by atoms with Gasteiger partial charge < -0.3 is 19.9 Å². The van der Waals surface area contributed by atoms with Crippen LogP contribution in [0, 0.1) is 6.92 Å². The van der Waals surface area contributed by atoms with Crippen molar-refractivity contribution in [2.45, 2.75) is 13.5 Å². The number of aryl methyl sites for hydroxylation is 1. The Labute approximate surface area is 188 Å². The molecule has 1 heterocycles. The van der Waals surface area contributed by atoms with E-state index in [9.17, 15) is 9.59 Å².